The Morgan fingerprint density at radius 3 is 2.83 bits per heavy atom. The topological polar surface area (TPSA) is 90.5 Å². The van der Waals surface area contributed by atoms with Crippen molar-refractivity contribution in [1.82, 2.24) is 29.8 Å². The molecule has 2 aromatic carbocycles. The first kappa shape index (κ1) is 18.8. The lowest BCUT2D eigenvalue weighted by Crippen LogP contribution is -2.13. The predicted molar refractivity (Wildman–Crippen MR) is 107 cm³/mol. The number of hydrogen-bond acceptors (Lipinski definition) is 6. The zero-order valence-electron chi connectivity index (χ0n) is 15.6. The van der Waals surface area contributed by atoms with Crippen molar-refractivity contribution in [2.75, 3.05) is 11.6 Å². The van der Waals surface area contributed by atoms with Crippen LogP contribution in [0.1, 0.15) is 16.2 Å². The monoisotopic (exact) mass is 409 g/mol. The normalized spacial score (nSPS) is 10.9. The fourth-order valence-corrected chi connectivity index (χ4v) is 3.37. The molecule has 0 saturated carbocycles. The summed E-state index contributed by atoms with van der Waals surface area (Å²) >= 11 is 1.51. The molecular weight excluding hydrogens is 393 g/mol. The molecule has 10 heteroatoms. The van der Waals surface area contributed by atoms with E-state index in [1.165, 1.54) is 34.6 Å². The minimum atomic E-state index is -0.495. The highest BCUT2D eigenvalue weighted by molar-refractivity contribution is 7.98. The molecule has 2 heterocycles. The van der Waals surface area contributed by atoms with Crippen LogP contribution in [0.2, 0.25) is 0 Å². The molecule has 8 nitrogen and oxygen atoms in total. The van der Waals surface area contributed by atoms with Crippen molar-refractivity contribution in [3.05, 3.63) is 72.1 Å². The lowest BCUT2D eigenvalue weighted by atomic mass is 10.1. The maximum absolute atomic E-state index is 14.2. The number of benzene rings is 2. The third-order valence-electron chi connectivity index (χ3n) is 4.23. The Bertz CT molecular complexity index is 1190. The van der Waals surface area contributed by atoms with Crippen LogP contribution in [0, 0.1) is 12.7 Å². The molecule has 0 aliphatic heterocycles. The number of tetrazole rings is 1. The molecule has 0 aliphatic rings. The van der Waals surface area contributed by atoms with Crippen molar-refractivity contribution in [1.29, 1.82) is 0 Å². The van der Waals surface area contributed by atoms with Gasteiger partial charge in [0.15, 0.2) is 11.0 Å². The molecule has 2 aromatic heterocycles. The molecule has 1 N–H and O–H groups in total. The minimum Gasteiger partial charge on any atom is -0.322 e. The van der Waals surface area contributed by atoms with Gasteiger partial charge in [-0.3, -0.25) is 9.36 Å². The smallest absolute Gasteiger partial charge is 0.255 e. The average molecular weight is 409 g/mol. The van der Waals surface area contributed by atoms with Crippen molar-refractivity contribution in [2.45, 2.75) is 12.1 Å². The third-order valence-corrected chi connectivity index (χ3v) is 4.90. The Balaban J connectivity index is 1.61. The van der Waals surface area contributed by atoms with Gasteiger partial charge in [-0.05, 0) is 60.0 Å². The average Bonchev–Trinajstić information content (AvgIpc) is 3.38. The predicted octanol–water partition coefficient (Wildman–Crippen LogP) is 3.27. The van der Waals surface area contributed by atoms with Crippen LogP contribution in [0.5, 0.6) is 0 Å². The fourth-order valence-electron chi connectivity index (χ4n) is 2.84. The van der Waals surface area contributed by atoms with E-state index in [0.717, 1.165) is 10.8 Å². The molecule has 29 heavy (non-hydrogen) atoms. The molecule has 146 valence electrons. The standard InChI is InChI=1S/C19H16FN7OS/c1-12-23-24-25-27(12)17-11-14(6-7-16(17)20)22-18(28)13-4-3-5-15(10-13)26-9-8-21-19(26)29-2/h3-11H,1-2H3,(H,22,28). The van der Waals surface area contributed by atoms with Gasteiger partial charge in [0.05, 0.1) is 0 Å². The van der Waals surface area contributed by atoms with E-state index in [1.54, 1.807) is 31.3 Å². The SMILES string of the molecule is CSc1nccn1-c1cccc(C(=O)Nc2ccc(F)c(-n3nnnc3C)c2)c1. The van der Waals surface area contributed by atoms with Gasteiger partial charge in [0, 0.05) is 29.3 Å². The molecule has 0 radical (unpaired) electrons. The van der Waals surface area contributed by atoms with Crippen LogP contribution in [0.15, 0.2) is 60.0 Å². The van der Waals surface area contributed by atoms with Crippen molar-refractivity contribution >= 4 is 23.4 Å². The molecule has 0 bridgehead atoms. The Morgan fingerprint density at radius 1 is 1.21 bits per heavy atom. The van der Waals surface area contributed by atoms with Crippen molar-refractivity contribution < 1.29 is 9.18 Å². The van der Waals surface area contributed by atoms with Crippen LogP contribution < -0.4 is 5.32 Å². The van der Waals surface area contributed by atoms with Crippen LogP contribution in [-0.2, 0) is 0 Å². The second kappa shape index (κ2) is 7.84. The number of anilines is 1. The van der Waals surface area contributed by atoms with E-state index >= 15 is 0 Å². The number of aromatic nitrogens is 6. The van der Waals surface area contributed by atoms with Gasteiger partial charge in [0.2, 0.25) is 0 Å². The summed E-state index contributed by atoms with van der Waals surface area (Å²) in [6.07, 6.45) is 5.48. The second-order valence-corrected chi connectivity index (χ2v) is 6.87. The molecule has 1 amide bonds. The minimum absolute atomic E-state index is 0.155. The summed E-state index contributed by atoms with van der Waals surface area (Å²) in [7, 11) is 0. The largest absolute Gasteiger partial charge is 0.322 e. The van der Waals surface area contributed by atoms with Crippen molar-refractivity contribution in [3.63, 3.8) is 0 Å². The number of nitrogens with one attached hydrogen (secondary N) is 1. The number of carbonyl (C=O) groups excluding carboxylic acids is 1. The number of hydrogen-bond donors (Lipinski definition) is 1. The summed E-state index contributed by atoms with van der Waals surface area (Å²) in [5.74, 6) is -0.376. The number of imidazole rings is 1. The molecule has 0 fully saturated rings. The van der Waals surface area contributed by atoms with E-state index in [4.69, 9.17) is 0 Å². The lowest BCUT2D eigenvalue weighted by Gasteiger charge is -2.11. The number of thioether (sulfide) groups is 1. The number of carbonyl (C=O) groups is 1. The van der Waals surface area contributed by atoms with E-state index in [1.807, 2.05) is 23.1 Å². The highest BCUT2D eigenvalue weighted by atomic mass is 32.2. The third kappa shape index (κ3) is 3.74. The lowest BCUT2D eigenvalue weighted by molar-refractivity contribution is 0.102. The molecule has 0 atom stereocenters. The van der Waals surface area contributed by atoms with Gasteiger partial charge in [-0.2, -0.15) is 4.68 Å². The summed E-state index contributed by atoms with van der Waals surface area (Å²) in [6, 6.07) is 11.4. The molecule has 4 aromatic rings. The number of halogens is 1. The van der Waals surface area contributed by atoms with Gasteiger partial charge in [-0.25, -0.2) is 9.37 Å². The van der Waals surface area contributed by atoms with Crippen LogP contribution in [0.25, 0.3) is 11.4 Å². The first-order valence-electron chi connectivity index (χ1n) is 8.61. The first-order valence-corrected chi connectivity index (χ1v) is 9.83. The summed E-state index contributed by atoms with van der Waals surface area (Å²) in [5.41, 5.74) is 1.87. The fraction of sp³-hybridized carbons (Fsp3) is 0.105. The summed E-state index contributed by atoms with van der Waals surface area (Å²) < 4.78 is 17.4. The molecule has 4 rings (SSSR count). The van der Waals surface area contributed by atoms with E-state index in [-0.39, 0.29) is 11.6 Å². The second-order valence-electron chi connectivity index (χ2n) is 6.09. The summed E-state index contributed by atoms with van der Waals surface area (Å²) in [4.78, 5) is 17.0. The molecule has 0 spiro atoms. The van der Waals surface area contributed by atoms with E-state index < -0.39 is 5.82 Å². The Morgan fingerprint density at radius 2 is 2.07 bits per heavy atom. The van der Waals surface area contributed by atoms with Crippen molar-refractivity contribution in [2.24, 2.45) is 0 Å². The highest BCUT2D eigenvalue weighted by Gasteiger charge is 2.13. The van der Waals surface area contributed by atoms with Gasteiger partial charge in [0.1, 0.15) is 11.5 Å². The summed E-state index contributed by atoms with van der Waals surface area (Å²) in [6.45, 7) is 1.66. The highest BCUT2D eigenvalue weighted by Crippen LogP contribution is 2.21. The maximum Gasteiger partial charge on any atom is 0.255 e. The number of rotatable bonds is 5. The zero-order valence-corrected chi connectivity index (χ0v) is 16.4. The van der Waals surface area contributed by atoms with Crippen LogP contribution in [0.3, 0.4) is 0 Å². The van der Waals surface area contributed by atoms with Crippen LogP contribution >= 0.6 is 11.8 Å². The zero-order chi connectivity index (χ0) is 20.4. The maximum atomic E-state index is 14.2. The number of aryl methyl sites for hydroxylation is 1. The van der Waals surface area contributed by atoms with E-state index in [2.05, 4.69) is 25.8 Å². The first-order chi connectivity index (χ1) is 14.1. The number of nitrogens with zero attached hydrogens (tertiary/aromatic N) is 6. The van der Waals surface area contributed by atoms with Gasteiger partial charge in [0.25, 0.3) is 5.91 Å². The molecular formula is C19H16FN7OS. The quantitative estimate of drug-likeness (QED) is 0.509. The van der Waals surface area contributed by atoms with E-state index in [9.17, 15) is 9.18 Å². The van der Waals surface area contributed by atoms with Crippen LogP contribution in [0.4, 0.5) is 10.1 Å². The Kier molecular flexibility index (Phi) is 5.09. The summed E-state index contributed by atoms with van der Waals surface area (Å²) in [5, 5.41) is 14.7. The molecule has 0 saturated heterocycles. The van der Waals surface area contributed by atoms with Gasteiger partial charge in [-0.15, -0.1) is 5.10 Å². The Hall–Kier alpha value is -3.53. The number of amides is 1. The van der Waals surface area contributed by atoms with Gasteiger partial charge < -0.3 is 5.32 Å². The van der Waals surface area contributed by atoms with Gasteiger partial charge >= 0.3 is 0 Å². The van der Waals surface area contributed by atoms with Crippen LogP contribution in [-0.4, -0.2) is 41.9 Å². The van der Waals surface area contributed by atoms with Gasteiger partial charge in [-0.1, -0.05) is 17.8 Å². The van der Waals surface area contributed by atoms with E-state index in [0.29, 0.717) is 17.1 Å². The van der Waals surface area contributed by atoms with Crippen molar-refractivity contribution in [3.8, 4) is 11.4 Å². The Labute approximate surface area is 169 Å². The molecule has 0 unspecified atom stereocenters. The molecule has 0 aliphatic carbocycles.